The Morgan fingerprint density at radius 3 is 2.00 bits per heavy atom. The number of rotatable bonds is 6. The maximum atomic E-state index is 13.4. The lowest BCUT2D eigenvalue weighted by Crippen LogP contribution is -2.26. The second-order valence-electron chi connectivity index (χ2n) is 4.34. The molecule has 0 aromatic carbocycles. The first-order valence-electron chi connectivity index (χ1n) is 6.61. The summed E-state index contributed by atoms with van der Waals surface area (Å²) >= 11 is 4.70. The zero-order chi connectivity index (χ0) is 19.6. The summed E-state index contributed by atoms with van der Waals surface area (Å²) in [6.07, 6.45) is -5.39. The second-order valence-corrected chi connectivity index (χ2v) is 4.82. The summed E-state index contributed by atoms with van der Waals surface area (Å²) < 4.78 is 75.7. The van der Waals surface area contributed by atoms with Crippen molar-refractivity contribution < 1.29 is 46.1 Å². The molecule has 0 fully saturated rings. The third-order valence-electron chi connectivity index (χ3n) is 2.67. The van der Waals surface area contributed by atoms with Gasteiger partial charge >= 0.3 is 23.5 Å². The minimum atomic E-state index is -5.39. The van der Waals surface area contributed by atoms with Crippen molar-refractivity contribution in [3.63, 3.8) is 0 Å². The molecule has 0 aliphatic heterocycles. The zero-order valence-electron chi connectivity index (χ0n) is 12.7. The van der Waals surface area contributed by atoms with Crippen molar-refractivity contribution in [1.29, 1.82) is 0 Å². The number of carbonyl (C=O) groups is 2. The maximum Gasteiger partial charge on any atom is 0.434 e. The van der Waals surface area contributed by atoms with Gasteiger partial charge in [-0.05, 0) is 25.4 Å². The lowest BCUT2D eigenvalue weighted by Gasteiger charge is -2.21. The fourth-order valence-corrected chi connectivity index (χ4v) is 1.99. The van der Waals surface area contributed by atoms with Crippen LogP contribution in [-0.2, 0) is 16.3 Å². The molecule has 0 radical (unpaired) electrons. The number of hydrogen-bond donors (Lipinski definition) is 1. The van der Waals surface area contributed by atoms with Crippen LogP contribution in [0.5, 0.6) is 5.75 Å². The van der Waals surface area contributed by atoms with Gasteiger partial charge in [0.2, 0.25) is 0 Å². The van der Waals surface area contributed by atoms with E-state index < -0.39 is 58.4 Å². The molecule has 0 atom stereocenters. The van der Waals surface area contributed by atoms with Gasteiger partial charge in [-0.3, -0.25) is 0 Å². The highest BCUT2D eigenvalue weighted by molar-refractivity contribution is 6.22. The Hall–Kier alpha value is -2.17. The van der Waals surface area contributed by atoms with Gasteiger partial charge in [0.05, 0.1) is 13.2 Å². The molecule has 0 amide bonds. The summed E-state index contributed by atoms with van der Waals surface area (Å²) in [5, 5.41) is 4.56. The maximum absolute atomic E-state index is 13.4. The standard InChI is InChI=1S/C13H11ClF5NO5/c1-3-24-7-5(10(21)22)8(12(14,15)16)20-9(13(17,18)19)6(7)11(23)25-4-2/h3-4H2,1-2H3,(H,21,22). The largest absolute Gasteiger partial charge is 0.492 e. The molecule has 1 aromatic heterocycles. The monoisotopic (exact) mass is 391 g/mol. The predicted octanol–water partition coefficient (Wildman–Crippen LogP) is 3.66. The smallest absolute Gasteiger partial charge is 0.434 e. The van der Waals surface area contributed by atoms with Gasteiger partial charge in [-0.25, -0.2) is 14.6 Å². The fraction of sp³-hybridized carbons (Fsp3) is 0.462. The molecular weight excluding hydrogens is 381 g/mol. The Balaban J connectivity index is 4.05. The minimum absolute atomic E-state index is 0.364. The van der Waals surface area contributed by atoms with Gasteiger partial charge in [-0.15, -0.1) is 0 Å². The van der Waals surface area contributed by atoms with Gasteiger partial charge in [-0.1, -0.05) is 0 Å². The van der Waals surface area contributed by atoms with E-state index in [1.165, 1.54) is 13.8 Å². The zero-order valence-corrected chi connectivity index (χ0v) is 13.5. The number of nitrogens with zero attached hydrogens (tertiary/aromatic N) is 1. The number of carboxylic acids is 1. The van der Waals surface area contributed by atoms with Crippen LogP contribution in [0.1, 0.15) is 46.0 Å². The first-order valence-corrected chi connectivity index (χ1v) is 6.99. The van der Waals surface area contributed by atoms with Gasteiger partial charge in [-0.2, -0.15) is 22.0 Å². The summed E-state index contributed by atoms with van der Waals surface area (Å²) in [7, 11) is 0. The number of hydrogen-bond acceptors (Lipinski definition) is 5. The number of aromatic nitrogens is 1. The molecule has 1 aromatic rings. The van der Waals surface area contributed by atoms with E-state index in [9.17, 15) is 31.5 Å². The number of aromatic carboxylic acids is 1. The summed E-state index contributed by atoms with van der Waals surface area (Å²) in [6.45, 7) is 1.73. The van der Waals surface area contributed by atoms with E-state index in [0.29, 0.717) is 0 Å². The summed E-state index contributed by atoms with van der Waals surface area (Å²) in [5.41, 5.74) is -6.86. The molecule has 1 heterocycles. The van der Waals surface area contributed by atoms with Crippen LogP contribution in [0.2, 0.25) is 0 Å². The average Bonchev–Trinajstić information content (AvgIpc) is 2.44. The first-order chi connectivity index (χ1) is 11.4. The van der Waals surface area contributed by atoms with E-state index in [4.69, 9.17) is 21.4 Å². The number of halogens is 6. The minimum Gasteiger partial charge on any atom is -0.492 e. The highest BCUT2D eigenvalue weighted by Crippen LogP contribution is 2.43. The SMILES string of the molecule is CCOC(=O)c1c(C(F)(F)F)nc(C(F)(F)Cl)c(C(=O)O)c1OCC. The quantitative estimate of drug-likeness (QED) is 0.452. The van der Waals surface area contributed by atoms with Crippen molar-refractivity contribution in [3.8, 4) is 5.75 Å². The van der Waals surface area contributed by atoms with Crippen molar-refractivity contribution >= 4 is 23.5 Å². The summed E-state index contributed by atoms with van der Waals surface area (Å²) in [4.78, 5) is 25.8. The molecular formula is C13H11ClF5NO5. The van der Waals surface area contributed by atoms with Gasteiger partial charge in [0.15, 0.2) is 11.4 Å². The third-order valence-corrected chi connectivity index (χ3v) is 2.85. The number of pyridine rings is 1. The Bertz CT molecular complexity index is 687. The average molecular weight is 392 g/mol. The Kier molecular flexibility index (Phi) is 6.16. The second kappa shape index (κ2) is 7.38. The van der Waals surface area contributed by atoms with Crippen LogP contribution in [0.3, 0.4) is 0 Å². The van der Waals surface area contributed by atoms with Crippen LogP contribution in [0, 0.1) is 0 Å². The number of alkyl halides is 6. The molecule has 0 unspecified atom stereocenters. The molecule has 140 valence electrons. The third kappa shape index (κ3) is 4.47. The van der Waals surface area contributed by atoms with Crippen molar-refractivity contribution in [3.05, 3.63) is 22.5 Å². The van der Waals surface area contributed by atoms with Crippen molar-refractivity contribution in [2.24, 2.45) is 0 Å². The van der Waals surface area contributed by atoms with Gasteiger partial charge in [0.25, 0.3) is 0 Å². The lowest BCUT2D eigenvalue weighted by atomic mass is 10.0. The van der Waals surface area contributed by atoms with Gasteiger partial charge in [0.1, 0.15) is 16.8 Å². The molecule has 0 saturated heterocycles. The normalized spacial score (nSPS) is 12.0. The number of carboxylic acid groups (broad SMARTS) is 1. The molecule has 0 bridgehead atoms. The molecule has 1 rings (SSSR count). The molecule has 0 saturated carbocycles. The predicted molar refractivity (Wildman–Crippen MR) is 73.1 cm³/mol. The molecule has 0 aliphatic carbocycles. The fourth-order valence-electron chi connectivity index (χ4n) is 1.85. The molecule has 12 heteroatoms. The topological polar surface area (TPSA) is 85.7 Å². The van der Waals surface area contributed by atoms with E-state index in [0.717, 1.165) is 0 Å². The van der Waals surface area contributed by atoms with Gasteiger partial charge < -0.3 is 14.6 Å². The van der Waals surface area contributed by atoms with Crippen LogP contribution < -0.4 is 4.74 Å². The molecule has 25 heavy (non-hydrogen) atoms. The van der Waals surface area contributed by atoms with Crippen molar-refractivity contribution in [2.75, 3.05) is 13.2 Å². The van der Waals surface area contributed by atoms with Crippen LogP contribution in [-0.4, -0.2) is 35.2 Å². The van der Waals surface area contributed by atoms with Crippen molar-refractivity contribution in [2.45, 2.75) is 25.4 Å². The summed E-state index contributed by atoms with van der Waals surface area (Å²) in [6, 6.07) is 0. The molecule has 1 N–H and O–H groups in total. The Morgan fingerprint density at radius 2 is 1.64 bits per heavy atom. The number of ether oxygens (including phenoxy) is 2. The van der Waals surface area contributed by atoms with Gasteiger partial charge in [0, 0.05) is 0 Å². The van der Waals surface area contributed by atoms with E-state index in [2.05, 4.69) is 9.72 Å². The van der Waals surface area contributed by atoms with Crippen LogP contribution in [0.15, 0.2) is 0 Å². The van der Waals surface area contributed by atoms with E-state index in [1.54, 1.807) is 0 Å². The molecule has 6 nitrogen and oxygen atoms in total. The Labute approximate surface area is 142 Å². The highest BCUT2D eigenvalue weighted by atomic mass is 35.5. The first kappa shape index (κ1) is 20.9. The van der Waals surface area contributed by atoms with Crippen LogP contribution >= 0.6 is 11.6 Å². The van der Waals surface area contributed by atoms with E-state index >= 15 is 0 Å². The van der Waals surface area contributed by atoms with Crippen LogP contribution in [0.4, 0.5) is 22.0 Å². The van der Waals surface area contributed by atoms with E-state index in [1.807, 2.05) is 0 Å². The van der Waals surface area contributed by atoms with Crippen LogP contribution in [0.25, 0.3) is 0 Å². The Morgan fingerprint density at radius 1 is 1.08 bits per heavy atom. The highest BCUT2D eigenvalue weighted by Gasteiger charge is 2.47. The lowest BCUT2D eigenvalue weighted by molar-refractivity contribution is -0.142. The number of esters is 1. The summed E-state index contributed by atoms with van der Waals surface area (Å²) in [5.74, 6) is -4.98. The van der Waals surface area contributed by atoms with Crippen molar-refractivity contribution in [1.82, 2.24) is 4.98 Å². The van der Waals surface area contributed by atoms with E-state index in [-0.39, 0.29) is 6.61 Å². The molecule has 0 aliphatic rings. The molecule has 0 spiro atoms. The number of carbonyl (C=O) groups excluding carboxylic acids is 1.